The number of nitrogens with zero attached hydrogens (tertiary/aromatic N) is 6. The maximum absolute atomic E-state index is 12.6. The first-order valence-corrected chi connectivity index (χ1v) is 10.7. The molecule has 1 fully saturated rings. The van der Waals surface area contributed by atoms with E-state index in [4.69, 9.17) is 0 Å². The molecule has 0 bridgehead atoms. The van der Waals surface area contributed by atoms with E-state index in [-0.39, 0.29) is 11.8 Å². The Morgan fingerprint density at radius 2 is 1.86 bits per heavy atom. The average molecular weight is 399 g/mol. The van der Waals surface area contributed by atoms with Crippen molar-refractivity contribution in [2.75, 3.05) is 26.2 Å². The molecular formula is C20H26N6OS. The van der Waals surface area contributed by atoms with Gasteiger partial charge in [-0.2, -0.15) is 9.61 Å². The van der Waals surface area contributed by atoms with Crippen LogP contribution in [0.3, 0.4) is 0 Å². The maximum atomic E-state index is 12.6. The van der Waals surface area contributed by atoms with Crippen molar-refractivity contribution in [3.8, 4) is 0 Å². The number of amides is 1. The first-order chi connectivity index (χ1) is 13.6. The van der Waals surface area contributed by atoms with Crippen LogP contribution in [-0.2, 0) is 17.8 Å². The molecule has 8 heteroatoms. The van der Waals surface area contributed by atoms with Gasteiger partial charge in [0.2, 0.25) is 10.9 Å². The monoisotopic (exact) mass is 398 g/mol. The fraction of sp³-hybridized carbons (Fsp3) is 0.500. The number of aryl methyl sites for hydroxylation is 1. The van der Waals surface area contributed by atoms with Gasteiger partial charge in [0.1, 0.15) is 5.01 Å². The zero-order valence-electron chi connectivity index (χ0n) is 16.4. The van der Waals surface area contributed by atoms with Crippen molar-refractivity contribution in [3.63, 3.8) is 0 Å². The van der Waals surface area contributed by atoms with Crippen molar-refractivity contribution in [2.24, 2.45) is 0 Å². The van der Waals surface area contributed by atoms with Crippen LogP contribution in [0.15, 0.2) is 30.3 Å². The summed E-state index contributed by atoms with van der Waals surface area (Å²) < 4.78 is 1.82. The second-order valence-corrected chi connectivity index (χ2v) is 8.59. The smallest absolute Gasteiger partial charge is 0.234 e. The van der Waals surface area contributed by atoms with Crippen LogP contribution < -0.4 is 0 Å². The fourth-order valence-corrected chi connectivity index (χ4v) is 4.34. The molecule has 1 saturated heterocycles. The second kappa shape index (κ2) is 8.36. The highest BCUT2D eigenvalue weighted by atomic mass is 32.1. The molecule has 0 N–H and O–H groups in total. The lowest BCUT2D eigenvalue weighted by atomic mass is 10.2. The van der Waals surface area contributed by atoms with Crippen LogP contribution in [0, 0.1) is 0 Å². The number of benzene rings is 1. The van der Waals surface area contributed by atoms with Crippen molar-refractivity contribution >= 4 is 22.2 Å². The Bertz CT molecular complexity index is 927. The van der Waals surface area contributed by atoms with Crippen LogP contribution in [0.2, 0.25) is 0 Å². The van der Waals surface area contributed by atoms with Crippen LogP contribution in [0.4, 0.5) is 0 Å². The zero-order valence-corrected chi connectivity index (χ0v) is 17.2. The Hall–Kier alpha value is -2.32. The largest absolute Gasteiger partial charge is 0.340 e. The van der Waals surface area contributed by atoms with Crippen LogP contribution in [0.1, 0.15) is 42.6 Å². The minimum Gasteiger partial charge on any atom is -0.340 e. The molecule has 0 aliphatic carbocycles. The van der Waals surface area contributed by atoms with Gasteiger partial charge >= 0.3 is 0 Å². The van der Waals surface area contributed by atoms with Gasteiger partial charge < -0.3 is 4.90 Å². The lowest BCUT2D eigenvalue weighted by Crippen LogP contribution is -2.48. The summed E-state index contributed by atoms with van der Waals surface area (Å²) in [5.74, 6) is 1.37. The van der Waals surface area contributed by atoms with Crippen LogP contribution >= 0.6 is 11.3 Å². The Kier molecular flexibility index (Phi) is 5.68. The number of carbonyl (C=O) groups is 1. The number of carbonyl (C=O) groups excluding carboxylic acids is 1. The highest BCUT2D eigenvalue weighted by Crippen LogP contribution is 2.20. The molecule has 3 heterocycles. The van der Waals surface area contributed by atoms with E-state index < -0.39 is 0 Å². The van der Waals surface area contributed by atoms with Gasteiger partial charge in [-0.15, -0.1) is 10.2 Å². The molecule has 1 amide bonds. The molecular weight excluding hydrogens is 372 g/mol. The minimum atomic E-state index is 0.217. The van der Waals surface area contributed by atoms with Crippen molar-refractivity contribution in [1.29, 1.82) is 0 Å². The van der Waals surface area contributed by atoms with Gasteiger partial charge in [0.05, 0.1) is 0 Å². The van der Waals surface area contributed by atoms with Gasteiger partial charge in [-0.3, -0.25) is 9.69 Å². The van der Waals surface area contributed by atoms with E-state index in [0.29, 0.717) is 12.8 Å². The Morgan fingerprint density at radius 3 is 2.57 bits per heavy atom. The molecule has 7 nitrogen and oxygen atoms in total. The predicted molar refractivity (Wildman–Crippen MR) is 109 cm³/mol. The van der Waals surface area contributed by atoms with E-state index in [1.165, 1.54) is 16.9 Å². The number of aromatic nitrogens is 4. The van der Waals surface area contributed by atoms with E-state index in [1.807, 2.05) is 15.5 Å². The summed E-state index contributed by atoms with van der Waals surface area (Å²) in [7, 11) is 0. The van der Waals surface area contributed by atoms with Crippen molar-refractivity contribution in [3.05, 3.63) is 46.7 Å². The Labute approximate surface area is 169 Å². The highest BCUT2D eigenvalue weighted by molar-refractivity contribution is 7.16. The molecule has 0 atom stereocenters. The number of fused-ring (bicyclic) bond motifs is 1. The van der Waals surface area contributed by atoms with Crippen molar-refractivity contribution < 1.29 is 4.79 Å². The highest BCUT2D eigenvalue weighted by Gasteiger charge is 2.22. The van der Waals surface area contributed by atoms with Crippen LogP contribution in [0.5, 0.6) is 0 Å². The minimum absolute atomic E-state index is 0.217. The fourth-order valence-electron chi connectivity index (χ4n) is 3.50. The van der Waals surface area contributed by atoms with Gasteiger partial charge in [-0.25, -0.2) is 0 Å². The molecule has 1 aliphatic heterocycles. The topological polar surface area (TPSA) is 66.6 Å². The first kappa shape index (κ1) is 19.0. The summed E-state index contributed by atoms with van der Waals surface area (Å²) >= 11 is 1.53. The molecule has 0 radical (unpaired) electrons. The van der Waals surface area contributed by atoms with E-state index in [1.54, 1.807) is 0 Å². The van der Waals surface area contributed by atoms with E-state index >= 15 is 0 Å². The number of hydrogen-bond acceptors (Lipinski definition) is 6. The average Bonchev–Trinajstić information content (AvgIpc) is 3.27. The van der Waals surface area contributed by atoms with E-state index in [0.717, 1.165) is 48.5 Å². The summed E-state index contributed by atoms with van der Waals surface area (Å²) in [6.45, 7) is 8.56. The molecule has 0 spiro atoms. The molecule has 28 heavy (non-hydrogen) atoms. The van der Waals surface area contributed by atoms with Gasteiger partial charge in [0.25, 0.3) is 0 Å². The second-order valence-electron chi connectivity index (χ2n) is 7.55. The van der Waals surface area contributed by atoms with Gasteiger partial charge in [0.15, 0.2) is 5.82 Å². The first-order valence-electron chi connectivity index (χ1n) is 9.85. The van der Waals surface area contributed by atoms with Gasteiger partial charge in [0, 0.05) is 51.5 Å². The van der Waals surface area contributed by atoms with Gasteiger partial charge in [-0.1, -0.05) is 55.5 Å². The van der Waals surface area contributed by atoms with Crippen molar-refractivity contribution in [1.82, 2.24) is 29.6 Å². The Balaban J connectivity index is 1.27. The molecule has 3 aromatic rings. The third-order valence-electron chi connectivity index (χ3n) is 5.10. The third kappa shape index (κ3) is 4.23. The maximum Gasteiger partial charge on any atom is 0.234 e. The normalized spacial score (nSPS) is 15.6. The summed E-state index contributed by atoms with van der Waals surface area (Å²) in [5, 5.41) is 13.9. The van der Waals surface area contributed by atoms with E-state index in [2.05, 4.69) is 58.3 Å². The third-order valence-corrected chi connectivity index (χ3v) is 6.06. The number of piperazine rings is 1. The quantitative estimate of drug-likeness (QED) is 0.638. The van der Waals surface area contributed by atoms with Crippen LogP contribution in [-0.4, -0.2) is 61.7 Å². The molecule has 2 aromatic heterocycles. The summed E-state index contributed by atoms with van der Waals surface area (Å²) in [6.07, 6.45) is 1.16. The Morgan fingerprint density at radius 1 is 1.11 bits per heavy atom. The molecule has 0 saturated carbocycles. The molecule has 1 aliphatic rings. The summed E-state index contributed by atoms with van der Waals surface area (Å²) in [4.78, 5) is 17.8. The lowest BCUT2D eigenvalue weighted by molar-refractivity contribution is -0.133. The summed E-state index contributed by atoms with van der Waals surface area (Å²) in [5.41, 5.74) is 1.33. The molecule has 0 unspecified atom stereocenters. The van der Waals surface area contributed by atoms with Crippen LogP contribution in [0.25, 0.3) is 4.96 Å². The zero-order chi connectivity index (χ0) is 19.5. The lowest BCUT2D eigenvalue weighted by Gasteiger charge is -2.34. The van der Waals surface area contributed by atoms with E-state index in [9.17, 15) is 4.79 Å². The summed E-state index contributed by atoms with van der Waals surface area (Å²) in [6, 6.07) is 10.5. The van der Waals surface area contributed by atoms with Crippen molar-refractivity contribution in [2.45, 2.75) is 39.2 Å². The molecule has 1 aromatic carbocycles. The molecule has 4 rings (SSSR count). The molecule has 148 valence electrons. The number of hydrogen-bond donors (Lipinski definition) is 0. The predicted octanol–water partition coefficient (Wildman–Crippen LogP) is 2.59. The SMILES string of the molecule is CC(C)c1nnc2sc(CCC(=O)N3CCN(Cc4ccccc4)CC3)nn12. The number of rotatable bonds is 6. The standard InChI is InChI=1S/C20H26N6OS/c1-15(2)19-21-22-20-26(19)23-17(28-20)8-9-18(27)25-12-10-24(11-13-25)14-16-6-4-3-5-7-16/h3-7,15H,8-14H2,1-2H3. The van der Waals surface area contributed by atoms with Gasteiger partial charge in [-0.05, 0) is 5.56 Å².